The topological polar surface area (TPSA) is 90.5 Å². The van der Waals surface area contributed by atoms with Gasteiger partial charge in [-0.3, -0.25) is 14.5 Å². The summed E-state index contributed by atoms with van der Waals surface area (Å²) in [6.45, 7) is 5.73. The first-order chi connectivity index (χ1) is 16.0. The number of ether oxygens (including phenoxy) is 1. The summed E-state index contributed by atoms with van der Waals surface area (Å²) >= 11 is 1.44. The van der Waals surface area contributed by atoms with Crippen LogP contribution in [0.3, 0.4) is 0 Å². The third kappa shape index (κ3) is 4.22. The van der Waals surface area contributed by atoms with Crippen LogP contribution in [0.5, 0.6) is 0 Å². The Kier molecular flexibility index (Phi) is 6.07. The van der Waals surface area contributed by atoms with Gasteiger partial charge in [-0.25, -0.2) is 0 Å². The van der Waals surface area contributed by atoms with Crippen molar-refractivity contribution < 1.29 is 18.7 Å². The van der Waals surface area contributed by atoms with Crippen LogP contribution in [0.15, 0.2) is 52.2 Å². The molecule has 5 rings (SSSR count). The second-order valence-electron chi connectivity index (χ2n) is 8.41. The highest BCUT2D eigenvalue weighted by Gasteiger charge is 2.44. The van der Waals surface area contributed by atoms with Crippen LogP contribution in [-0.2, 0) is 9.53 Å². The maximum atomic E-state index is 13.5. The minimum atomic E-state index is -0.369. The number of benzene rings is 1. The normalized spacial score (nSPS) is 20.1. The Morgan fingerprint density at radius 3 is 2.76 bits per heavy atom. The van der Waals surface area contributed by atoms with Crippen LogP contribution in [0.1, 0.15) is 41.7 Å². The lowest BCUT2D eigenvalue weighted by Crippen LogP contribution is -2.44. The summed E-state index contributed by atoms with van der Waals surface area (Å²) in [7, 11) is 0. The van der Waals surface area contributed by atoms with Crippen LogP contribution >= 0.6 is 11.8 Å². The number of fused-ring (bicyclic) bond motifs is 1. The predicted octanol–water partition coefficient (Wildman–Crippen LogP) is 3.98. The van der Waals surface area contributed by atoms with Gasteiger partial charge in [0.05, 0.1) is 24.8 Å². The van der Waals surface area contributed by atoms with Crippen molar-refractivity contribution in [3.63, 3.8) is 0 Å². The van der Waals surface area contributed by atoms with Crippen molar-refractivity contribution in [2.45, 2.75) is 43.1 Å². The van der Waals surface area contributed by atoms with Crippen LogP contribution in [0.25, 0.3) is 11.6 Å². The van der Waals surface area contributed by atoms with Gasteiger partial charge in [-0.1, -0.05) is 41.6 Å². The molecule has 4 heterocycles. The molecule has 0 aliphatic carbocycles. The van der Waals surface area contributed by atoms with Crippen LogP contribution in [0.2, 0.25) is 0 Å². The monoisotopic (exact) mass is 466 g/mol. The fraction of sp³-hybridized carbons (Fsp3) is 0.417. The highest BCUT2D eigenvalue weighted by atomic mass is 32.2. The van der Waals surface area contributed by atoms with Gasteiger partial charge in [0.1, 0.15) is 5.25 Å². The number of nitrogens with zero attached hydrogens (tertiary/aromatic N) is 4. The van der Waals surface area contributed by atoms with Crippen molar-refractivity contribution in [2.24, 2.45) is 5.92 Å². The van der Waals surface area contributed by atoms with E-state index >= 15 is 0 Å². The number of carbonyl (C=O) groups excluding carboxylic acids is 2. The van der Waals surface area contributed by atoms with E-state index in [0.717, 1.165) is 37.1 Å². The minimum Gasteiger partial charge on any atom is -0.466 e. The summed E-state index contributed by atoms with van der Waals surface area (Å²) in [6, 6.07) is 11.7. The molecule has 0 spiro atoms. The molecular formula is C24H26N4O4S. The van der Waals surface area contributed by atoms with Gasteiger partial charge in [0, 0.05) is 0 Å². The van der Waals surface area contributed by atoms with Crippen LogP contribution in [0.4, 0.5) is 0 Å². The molecule has 2 atom stereocenters. The number of aromatic nitrogens is 3. The van der Waals surface area contributed by atoms with Crippen molar-refractivity contribution >= 4 is 23.6 Å². The molecule has 2 unspecified atom stereocenters. The SMILES string of the molecule is CCOC(=O)C1CCN(C(c2cccc(C)c2)C2Sc3nc(-c4ccco4)nn3C2=O)CC1. The maximum absolute atomic E-state index is 13.5. The molecule has 3 aromatic rings. The summed E-state index contributed by atoms with van der Waals surface area (Å²) in [6.07, 6.45) is 3.00. The van der Waals surface area contributed by atoms with Crippen molar-refractivity contribution in [1.29, 1.82) is 0 Å². The van der Waals surface area contributed by atoms with E-state index in [1.807, 2.05) is 13.0 Å². The van der Waals surface area contributed by atoms with E-state index in [1.54, 1.807) is 18.4 Å². The standard InChI is InChI=1S/C24H26N4O4S/c1-3-31-23(30)16-9-11-27(12-10-16)19(17-7-4-6-15(2)14-17)20-22(29)28-24(33-20)25-21(26-28)18-8-5-13-32-18/h4-8,13-14,16,19-20H,3,9-12H2,1-2H3. The molecule has 1 aromatic carbocycles. The molecule has 0 radical (unpaired) electrons. The number of aryl methyl sites for hydroxylation is 1. The van der Waals surface area contributed by atoms with E-state index in [1.165, 1.54) is 16.4 Å². The number of piperidine rings is 1. The van der Waals surface area contributed by atoms with Gasteiger partial charge < -0.3 is 9.15 Å². The molecule has 0 amide bonds. The zero-order valence-corrected chi connectivity index (χ0v) is 19.5. The summed E-state index contributed by atoms with van der Waals surface area (Å²) in [4.78, 5) is 32.6. The Morgan fingerprint density at radius 2 is 2.09 bits per heavy atom. The average molecular weight is 467 g/mol. The van der Waals surface area contributed by atoms with Crippen LogP contribution in [0, 0.1) is 12.8 Å². The molecule has 172 valence electrons. The maximum Gasteiger partial charge on any atom is 0.309 e. The van der Waals surface area contributed by atoms with Crippen molar-refractivity contribution in [3.8, 4) is 11.6 Å². The summed E-state index contributed by atoms with van der Waals surface area (Å²) < 4.78 is 12.0. The third-order valence-corrected chi connectivity index (χ3v) is 7.41. The minimum absolute atomic E-state index is 0.0840. The zero-order valence-electron chi connectivity index (χ0n) is 18.6. The molecule has 9 heteroatoms. The van der Waals surface area contributed by atoms with Gasteiger partial charge in [0.15, 0.2) is 10.9 Å². The first kappa shape index (κ1) is 21.9. The number of rotatable bonds is 6. The van der Waals surface area contributed by atoms with Crippen LogP contribution < -0.4 is 0 Å². The quantitative estimate of drug-likeness (QED) is 0.504. The molecule has 1 saturated heterocycles. The molecule has 2 aliphatic heterocycles. The van der Waals surface area contributed by atoms with Gasteiger partial charge >= 0.3 is 5.97 Å². The highest BCUT2D eigenvalue weighted by molar-refractivity contribution is 8.00. The Bertz CT molecular complexity index is 1150. The second kappa shape index (κ2) is 9.15. The van der Waals surface area contributed by atoms with E-state index in [4.69, 9.17) is 9.15 Å². The lowest BCUT2D eigenvalue weighted by Gasteiger charge is -2.39. The Balaban J connectivity index is 1.40. The molecule has 2 aliphatic rings. The third-order valence-electron chi connectivity index (χ3n) is 6.22. The average Bonchev–Trinajstić information content (AvgIpc) is 3.54. The molecule has 33 heavy (non-hydrogen) atoms. The molecule has 0 N–H and O–H groups in total. The first-order valence-corrected chi connectivity index (χ1v) is 12.1. The van der Waals surface area contributed by atoms with Gasteiger partial charge in [-0.2, -0.15) is 9.67 Å². The Labute approximate surface area is 196 Å². The molecule has 2 aromatic heterocycles. The van der Waals surface area contributed by atoms with Gasteiger partial charge in [0.25, 0.3) is 5.91 Å². The number of likely N-dealkylation sites (tertiary alicyclic amines) is 1. The lowest BCUT2D eigenvalue weighted by atomic mass is 9.92. The van der Waals surface area contributed by atoms with E-state index < -0.39 is 0 Å². The number of hydrogen-bond donors (Lipinski definition) is 0. The van der Waals surface area contributed by atoms with E-state index in [0.29, 0.717) is 23.3 Å². The van der Waals surface area contributed by atoms with Crippen LogP contribution in [-0.4, -0.2) is 56.5 Å². The number of esters is 1. The number of thioether (sulfide) groups is 1. The molecule has 8 nitrogen and oxygen atoms in total. The van der Waals surface area contributed by atoms with Gasteiger partial charge in [-0.05, 0) is 57.5 Å². The molecule has 0 saturated carbocycles. The van der Waals surface area contributed by atoms with Gasteiger partial charge in [-0.15, -0.1) is 5.10 Å². The zero-order chi connectivity index (χ0) is 22.9. The highest BCUT2D eigenvalue weighted by Crippen LogP contribution is 2.43. The fourth-order valence-corrected chi connectivity index (χ4v) is 5.87. The largest absolute Gasteiger partial charge is 0.466 e. The van der Waals surface area contributed by atoms with Gasteiger partial charge in [0.2, 0.25) is 5.82 Å². The summed E-state index contributed by atoms with van der Waals surface area (Å²) in [5, 5.41) is 4.63. The molecular weight excluding hydrogens is 440 g/mol. The number of carbonyl (C=O) groups is 2. The lowest BCUT2D eigenvalue weighted by molar-refractivity contribution is -0.149. The fourth-order valence-electron chi connectivity index (χ4n) is 4.62. The van der Waals surface area contributed by atoms with E-state index in [-0.39, 0.29) is 29.1 Å². The van der Waals surface area contributed by atoms with E-state index in [2.05, 4.69) is 40.1 Å². The van der Waals surface area contributed by atoms with Crippen molar-refractivity contribution in [2.75, 3.05) is 19.7 Å². The Morgan fingerprint density at radius 1 is 1.27 bits per heavy atom. The first-order valence-electron chi connectivity index (χ1n) is 11.2. The summed E-state index contributed by atoms with van der Waals surface area (Å²) in [5.41, 5.74) is 2.23. The van der Waals surface area contributed by atoms with E-state index in [9.17, 15) is 9.59 Å². The Hall–Kier alpha value is -2.91. The smallest absolute Gasteiger partial charge is 0.309 e. The second-order valence-corrected chi connectivity index (χ2v) is 9.51. The predicted molar refractivity (Wildman–Crippen MR) is 123 cm³/mol. The molecule has 1 fully saturated rings. The van der Waals surface area contributed by atoms with Crippen molar-refractivity contribution in [3.05, 3.63) is 53.8 Å². The number of hydrogen-bond acceptors (Lipinski definition) is 8. The van der Waals surface area contributed by atoms with Crippen molar-refractivity contribution in [1.82, 2.24) is 19.7 Å². The summed E-state index contributed by atoms with van der Waals surface area (Å²) in [5.74, 6) is 0.665. The molecule has 0 bridgehead atoms. The number of furan rings is 1.